The largest absolute Gasteiger partial charge is 0.369 e. The Morgan fingerprint density at radius 3 is 3.06 bits per heavy atom. The van der Waals surface area contributed by atoms with Crippen molar-refractivity contribution < 1.29 is 4.74 Å². The molecular weight excluding hydrogens is 214 g/mol. The normalized spacial score (nSPS) is 26.5. The van der Waals surface area contributed by atoms with Crippen LogP contribution in [0.25, 0.3) is 0 Å². The summed E-state index contributed by atoms with van der Waals surface area (Å²) in [6.07, 6.45) is 9.67. The van der Waals surface area contributed by atoms with Gasteiger partial charge in [0.05, 0.1) is 24.8 Å². The van der Waals surface area contributed by atoms with Gasteiger partial charge in [0.15, 0.2) is 0 Å². The monoisotopic (exact) mass is 235 g/mol. The Balaban J connectivity index is 1.69. The molecule has 0 amide bonds. The summed E-state index contributed by atoms with van der Waals surface area (Å²) in [6.45, 7) is 3.80. The summed E-state index contributed by atoms with van der Waals surface area (Å²) in [5, 5.41) is 3.38. The van der Waals surface area contributed by atoms with Crippen molar-refractivity contribution in [3.05, 3.63) is 18.2 Å². The van der Waals surface area contributed by atoms with Crippen LogP contribution in [0.15, 0.2) is 12.5 Å². The number of rotatable bonds is 3. The first-order valence-electron chi connectivity index (χ1n) is 6.76. The van der Waals surface area contributed by atoms with Crippen LogP contribution < -0.4 is 5.32 Å². The molecule has 1 atom stereocenters. The molecule has 2 fully saturated rings. The molecule has 17 heavy (non-hydrogen) atoms. The lowest BCUT2D eigenvalue weighted by Crippen LogP contribution is -2.34. The van der Waals surface area contributed by atoms with E-state index in [1.807, 2.05) is 12.5 Å². The molecule has 0 aromatic carbocycles. The highest BCUT2D eigenvalue weighted by Crippen LogP contribution is 2.28. The predicted octanol–water partition coefficient (Wildman–Crippen LogP) is 1.73. The van der Waals surface area contributed by atoms with Crippen molar-refractivity contribution in [3.63, 3.8) is 0 Å². The van der Waals surface area contributed by atoms with Crippen molar-refractivity contribution in [2.75, 3.05) is 19.7 Å². The van der Waals surface area contributed by atoms with E-state index in [0.717, 1.165) is 32.2 Å². The maximum atomic E-state index is 5.80. The molecule has 2 heterocycles. The topological polar surface area (TPSA) is 39.1 Å². The minimum Gasteiger partial charge on any atom is -0.369 e. The summed E-state index contributed by atoms with van der Waals surface area (Å²) < 4.78 is 8.10. The Kier molecular flexibility index (Phi) is 3.43. The van der Waals surface area contributed by atoms with E-state index in [0.29, 0.717) is 0 Å². The summed E-state index contributed by atoms with van der Waals surface area (Å²) in [6, 6.07) is 0. The van der Waals surface area contributed by atoms with Crippen LogP contribution in [-0.4, -0.2) is 29.2 Å². The van der Waals surface area contributed by atoms with E-state index in [2.05, 4.69) is 14.9 Å². The molecule has 4 nitrogen and oxygen atoms in total. The molecule has 1 saturated heterocycles. The van der Waals surface area contributed by atoms with Gasteiger partial charge in [-0.3, -0.25) is 0 Å². The summed E-state index contributed by atoms with van der Waals surface area (Å²) in [7, 11) is 0. The average molecular weight is 235 g/mol. The van der Waals surface area contributed by atoms with Gasteiger partial charge in [-0.25, -0.2) is 4.98 Å². The molecule has 0 bridgehead atoms. The highest BCUT2D eigenvalue weighted by molar-refractivity contribution is 5.05. The molecule has 0 spiro atoms. The lowest BCUT2D eigenvalue weighted by Gasteiger charge is -2.25. The van der Waals surface area contributed by atoms with Crippen LogP contribution in [0.3, 0.4) is 0 Å². The fourth-order valence-electron chi connectivity index (χ4n) is 2.98. The second-order valence-electron chi connectivity index (χ2n) is 5.18. The molecule has 1 aliphatic heterocycles. The Hall–Kier alpha value is -0.870. The van der Waals surface area contributed by atoms with Gasteiger partial charge in [0.2, 0.25) is 0 Å². The quantitative estimate of drug-likeness (QED) is 0.867. The zero-order valence-electron chi connectivity index (χ0n) is 10.3. The lowest BCUT2D eigenvalue weighted by atomic mass is 10.1. The van der Waals surface area contributed by atoms with Crippen molar-refractivity contribution in [2.24, 2.45) is 5.92 Å². The van der Waals surface area contributed by atoms with Crippen LogP contribution in [0.2, 0.25) is 0 Å². The zero-order chi connectivity index (χ0) is 11.5. The van der Waals surface area contributed by atoms with Crippen molar-refractivity contribution in [1.82, 2.24) is 14.9 Å². The van der Waals surface area contributed by atoms with Crippen molar-refractivity contribution in [2.45, 2.75) is 38.3 Å². The van der Waals surface area contributed by atoms with E-state index in [-0.39, 0.29) is 6.10 Å². The molecule has 4 heteroatoms. The number of ether oxygens (including phenoxy) is 1. The Morgan fingerprint density at radius 2 is 2.29 bits per heavy atom. The molecule has 94 valence electrons. The van der Waals surface area contributed by atoms with Gasteiger partial charge in [-0.1, -0.05) is 12.8 Å². The van der Waals surface area contributed by atoms with E-state index >= 15 is 0 Å². The van der Waals surface area contributed by atoms with Crippen molar-refractivity contribution >= 4 is 0 Å². The second kappa shape index (κ2) is 5.19. The molecular formula is C13H21N3O. The predicted molar refractivity (Wildman–Crippen MR) is 65.7 cm³/mol. The van der Waals surface area contributed by atoms with E-state index in [1.165, 1.54) is 31.4 Å². The third kappa shape index (κ3) is 2.53. The fourth-order valence-corrected chi connectivity index (χ4v) is 2.98. The number of morpholine rings is 1. The van der Waals surface area contributed by atoms with Crippen molar-refractivity contribution in [1.29, 1.82) is 0 Å². The molecule has 1 aromatic heterocycles. The van der Waals surface area contributed by atoms with Gasteiger partial charge in [0.1, 0.15) is 6.10 Å². The van der Waals surface area contributed by atoms with Crippen LogP contribution >= 0.6 is 0 Å². The van der Waals surface area contributed by atoms with Crippen LogP contribution in [0, 0.1) is 5.92 Å². The zero-order valence-corrected chi connectivity index (χ0v) is 10.3. The van der Waals surface area contributed by atoms with Crippen LogP contribution in [0.4, 0.5) is 0 Å². The number of imidazole rings is 1. The van der Waals surface area contributed by atoms with Gasteiger partial charge in [-0.2, -0.15) is 0 Å². The molecule has 1 saturated carbocycles. The van der Waals surface area contributed by atoms with E-state index in [4.69, 9.17) is 4.74 Å². The van der Waals surface area contributed by atoms with E-state index < -0.39 is 0 Å². The fraction of sp³-hybridized carbons (Fsp3) is 0.769. The Morgan fingerprint density at radius 1 is 1.41 bits per heavy atom. The maximum absolute atomic E-state index is 5.80. The van der Waals surface area contributed by atoms with Crippen LogP contribution in [-0.2, 0) is 11.3 Å². The summed E-state index contributed by atoms with van der Waals surface area (Å²) >= 11 is 0. The third-order valence-electron chi connectivity index (χ3n) is 3.93. The Labute approximate surface area is 102 Å². The van der Waals surface area contributed by atoms with Crippen LogP contribution in [0.1, 0.15) is 37.5 Å². The highest BCUT2D eigenvalue weighted by atomic mass is 16.5. The van der Waals surface area contributed by atoms with Gasteiger partial charge in [0.25, 0.3) is 0 Å². The molecule has 3 rings (SSSR count). The first-order chi connectivity index (χ1) is 8.43. The first kappa shape index (κ1) is 11.2. The minimum atomic E-state index is 0.188. The van der Waals surface area contributed by atoms with Crippen molar-refractivity contribution in [3.8, 4) is 0 Å². The van der Waals surface area contributed by atoms with Gasteiger partial charge < -0.3 is 14.6 Å². The highest BCUT2D eigenvalue weighted by Gasteiger charge is 2.22. The number of aromatic nitrogens is 2. The van der Waals surface area contributed by atoms with Gasteiger partial charge in [-0.05, 0) is 18.8 Å². The van der Waals surface area contributed by atoms with E-state index in [9.17, 15) is 0 Å². The minimum absolute atomic E-state index is 0.188. The second-order valence-corrected chi connectivity index (χ2v) is 5.18. The molecule has 2 aliphatic rings. The number of nitrogens with zero attached hydrogens (tertiary/aromatic N) is 2. The molecule has 0 radical (unpaired) electrons. The number of hydrogen-bond donors (Lipinski definition) is 1. The molecule has 1 unspecified atom stereocenters. The smallest absolute Gasteiger partial charge is 0.111 e. The maximum Gasteiger partial charge on any atom is 0.111 e. The van der Waals surface area contributed by atoms with Gasteiger partial charge >= 0.3 is 0 Å². The summed E-state index contributed by atoms with van der Waals surface area (Å²) in [5.74, 6) is 0.847. The van der Waals surface area contributed by atoms with Gasteiger partial charge in [-0.15, -0.1) is 0 Å². The lowest BCUT2D eigenvalue weighted by molar-refractivity contribution is 0.0224. The first-order valence-corrected chi connectivity index (χ1v) is 6.76. The molecule has 1 N–H and O–H groups in total. The van der Waals surface area contributed by atoms with Gasteiger partial charge in [0, 0.05) is 19.6 Å². The van der Waals surface area contributed by atoms with E-state index in [1.54, 1.807) is 0 Å². The van der Waals surface area contributed by atoms with Crippen LogP contribution in [0.5, 0.6) is 0 Å². The SMILES string of the molecule is c1ncn(CC2CCCC2)c1C1CNCCO1. The average Bonchev–Trinajstić information content (AvgIpc) is 3.02. The molecule has 1 aromatic rings. The summed E-state index contributed by atoms with van der Waals surface area (Å²) in [4.78, 5) is 4.29. The standard InChI is InChI=1S/C13H21N3O/c1-2-4-11(3-1)9-16-10-15-7-12(16)13-8-14-5-6-17-13/h7,10-11,13-14H,1-6,8-9H2. The molecule has 1 aliphatic carbocycles. The number of hydrogen-bond acceptors (Lipinski definition) is 3. The third-order valence-corrected chi connectivity index (χ3v) is 3.93. The Bertz CT molecular complexity index is 351. The summed E-state index contributed by atoms with van der Waals surface area (Å²) in [5.41, 5.74) is 1.24. The number of nitrogens with one attached hydrogen (secondary N) is 1.